The van der Waals surface area contributed by atoms with Gasteiger partial charge in [0, 0.05) is 12.1 Å². The molecule has 11 heteroatoms. The molecule has 0 aromatic heterocycles. The van der Waals surface area contributed by atoms with Crippen LogP contribution in [0.3, 0.4) is 0 Å². The molecule has 1 saturated heterocycles. The Morgan fingerprint density at radius 2 is 1.58 bits per heavy atom. The molecule has 33 heavy (non-hydrogen) atoms. The van der Waals surface area contributed by atoms with Crippen molar-refractivity contribution >= 4 is 52.8 Å². The molecule has 0 unspecified atom stereocenters. The van der Waals surface area contributed by atoms with Crippen LogP contribution >= 0.6 is 23.2 Å². The molecule has 0 saturated carbocycles. The normalized spacial score (nSPS) is 14.9. The average Bonchev–Trinajstić information content (AvgIpc) is 2.78. The van der Waals surface area contributed by atoms with Crippen molar-refractivity contribution < 1.29 is 33.3 Å². The maximum atomic E-state index is 13.3. The molecular weight excluding hydrogens is 475 g/mol. The molecule has 3 rings (SSSR count). The van der Waals surface area contributed by atoms with E-state index in [0.717, 1.165) is 4.90 Å². The summed E-state index contributed by atoms with van der Waals surface area (Å²) in [5.41, 5.74) is 0.114. The highest BCUT2D eigenvalue weighted by Crippen LogP contribution is 2.40. The minimum absolute atomic E-state index is 0.0435. The second kappa shape index (κ2) is 10.0. The van der Waals surface area contributed by atoms with Gasteiger partial charge in [0.2, 0.25) is 0 Å². The second-order valence-electron chi connectivity index (χ2n) is 6.58. The van der Waals surface area contributed by atoms with E-state index in [2.05, 4.69) is 5.32 Å². The Labute approximate surface area is 199 Å². The number of benzene rings is 2. The number of barbiturate groups is 1. The minimum atomic E-state index is -0.952. The Balaban J connectivity index is 2.10. The summed E-state index contributed by atoms with van der Waals surface area (Å²) in [6.07, 6.45) is 1.29. The third-order valence-electron chi connectivity index (χ3n) is 4.65. The maximum absolute atomic E-state index is 13.3. The van der Waals surface area contributed by atoms with Gasteiger partial charge in [0.15, 0.2) is 11.5 Å². The first-order valence-electron chi connectivity index (χ1n) is 9.58. The molecule has 0 spiro atoms. The summed E-state index contributed by atoms with van der Waals surface area (Å²) >= 11 is 12.4. The summed E-state index contributed by atoms with van der Waals surface area (Å²) in [6, 6.07) is 4.87. The van der Waals surface area contributed by atoms with Gasteiger partial charge < -0.3 is 18.9 Å². The van der Waals surface area contributed by atoms with E-state index in [4.69, 9.17) is 42.1 Å². The Bertz CT molecular complexity index is 1160. The van der Waals surface area contributed by atoms with Gasteiger partial charge in [-0.1, -0.05) is 23.2 Å². The van der Waals surface area contributed by atoms with Crippen molar-refractivity contribution in [2.75, 3.05) is 32.8 Å². The van der Waals surface area contributed by atoms with Gasteiger partial charge in [-0.25, -0.2) is 9.69 Å². The van der Waals surface area contributed by atoms with E-state index in [1.54, 1.807) is 13.0 Å². The molecule has 9 nitrogen and oxygen atoms in total. The number of carbonyl (C=O) groups excluding carboxylic acids is 3. The first-order valence-corrected chi connectivity index (χ1v) is 10.3. The third kappa shape index (κ3) is 4.69. The van der Waals surface area contributed by atoms with Crippen LogP contribution < -0.4 is 29.2 Å². The second-order valence-corrected chi connectivity index (χ2v) is 7.40. The summed E-state index contributed by atoms with van der Waals surface area (Å²) in [6.45, 7) is 2.16. The molecule has 1 N–H and O–H groups in total. The van der Waals surface area contributed by atoms with Gasteiger partial charge in [-0.3, -0.25) is 14.9 Å². The molecule has 1 heterocycles. The number of amides is 4. The number of nitrogens with one attached hydrogen (secondary N) is 1. The van der Waals surface area contributed by atoms with Crippen molar-refractivity contribution in [1.82, 2.24) is 5.32 Å². The zero-order valence-corrected chi connectivity index (χ0v) is 19.7. The largest absolute Gasteiger partial charge is 0.495 e. The lowest BCUT2D eigenvalue weighted by Gasteiger charge is -2.28. The number of halogens is 2. The van der Waals surface area contributed by atoms with Crippen LogP contribution in [0.5, 0.6) is 23.0 Å². The Hall–Kier alpha value is -3.43. The van der Waals surface area contributed by atoms with E-state index in [9.17, 15) is 14.4 Å². The number of rotatable bonds is 7. The van der Waals surface area contributed by atoms with E-state index < -0.39 is 17.8 Å². The Kier molecular flexibility index (Phi) is 7.35. The standard InChI is InChI=1S/C22H20Cl2N2O7/c1-5-33-19-14(24)7-11(8-18(19)32-4)6-12-20(27)25-22(29)26(21(12)28)15-10-16(30-2)13(23)9-17(15)31-3/h6-10H,5H2,1-4H3,(H,25,27,29)/b12-6+. The fraction of sp³-hybridized carbons (Fsp3) is 0.227. The highest BCUT2D eigenvalue weighted by atomic mass is 35.5. The van der Waals surface area contributed by atoms with E-state index in [0.29, 0.717) is 23.7 Å². The molecule has 1 fully saturated rings. The number of methoxy groups -OCH3 is 3. The molecule has 4 amide bonds. The molecule has 174 valence electrons. The van der Waals surface area contributed by atoms with Gasteiger partial charge >= 0.3 is 6.03 Å². The lowest BCUT2D eigenvalue weighted by Crippen LogP contribution is -2.54. The zero-order chi connectivity index (χ0) is 24.3. The predicted molar refractivity (Wildman–Crippen MR) is 123 cm³/mol. The number of anilines is 1. The molecule has 1 aliphatic heterocycles. The minimum Gasteiger partial charge on any atom is -0.495 e. The van der Waals surface area contributed by atoms with Crippen LogP contribution in [0.1, 0.15) is 12.5 Å². The number of urea groups is 1. The maximum Gasteiger partial charge on any atom is 0.336 e. The molecular formula is C22H20Cl2N2O7. The van der Waals surface area contributed by atoms with Crippen LogP contribution in [0, 0.1) is 0 Å². The molecule has 2 aromatic carbocycles. The number of ether oxygens (including phenoxy) is 4. The lowest BCUT2D eigenvalue weighted by atomic mass is 10.1. The molecule has 0 radical (unpaired) electrons. The van der Waals surface area contributed by atoms with Crippen molar-refractivity contribution in [3.05, 3.63) is 45.4 Å². The highest BCUT2D eigenvalue weighted by Gasteiger charge is 2.38. The number of nitrogens with zero attached hydrogens (tertiary/aromatic N) is 1. The van der Waals surface area contributed by atoms with E-state index in [-0.39, 0.29) is 32.8 Å². The molecule has 0 atom stereocenters. The third-order valence-corrected chi connectivity index (χ3v) is 5.22. The quantitative estimate of drug-likeness (QED) is 0.456. The SMILES string of the molecule is CCOc1c(Cl)cc(/C=C2\C(=O)NC(=O)N(c3cc(OC)c(Cl)cc3OC)C2=O)cc1OC. The van der Waals surface area contributed by atoms with Gasteiger partial charge in [-0.05, 0) is 30.7 Å². The number of hydrogen-bond donors (Lipinski definition) is 1. The monoisotopic (exact) mass is 494 g/mol. The van der Waals surface area contributed by atoms with Gasteiger partial charge in [0.1, 0.15) is 17.1 Å². The van der Waals surface area contributed by atoms with E-state index in [1.807, 2.05) is 0 Å². The summed E-state index contributed by atoms with van der Waals surface area (Å²) in [5, 5.41) is 2.59. The van der Waals surface area contributed by atoms with Crippen molar-refractivity contribution in [1.29, 1.82) is 0 Å². The van der Waals surface area contributed by atoms with E-state index >= 15 is 0 Å². The lowest BCUT2D eigenvalue weighted by molar-refractivity contribution is -0.122. The summed E-state index contributed by atoms with van der Waals surface area (Å²) in [7, 11) is 4.17. The van der Waals surface area contributed by atoms with Gasteiger partial charge in [-0.2, -0.15) is 0 Å². The fourth-order valence-corrected chi connectivity index (χ4v) is 3.67. The van der Waals surface area contributed by atoms with E-state index in [1.165, 1.54) is 45.6 Å². The molecule has 0 bridgehead atoms. The zero-order valence-electron chi connectivity index (χ0n) is 18.2. The average molecular weight is 495 g/mol. The number of carbonyl (C=O) groups is 3. The smallest absolute Gasteiger partial charge is 0.336 e. The van der Waals surface area contributed by atoms with Crippen LogP contribution in [-0.2, 0) is 9.59 Å². The van der Waals surface area contributed by atoms with Crippen LogP contribution in [-0.4, -0.2) is 45.8 Å². The van der Waals surface area contributed by atoms with Gasteiger partial charge in [0.25, 0.3) is 11.8 Å². The number of hydrogen-bond acceptors (Lipinski definition) is 7. The van der Waals surface area contributed by atoms with Crippen molar-refractivity contribution in [2.24, 2.45) is 0 Å². The first kappa shape index (κ1) is 24.2. The van der Waals surface area contributed by atoms with Crippen LogP contribution in [0.2, 0.25) is 10.0 Å². The Morgan fingerprint density at radius 1 is 0.909 bits per heavy atom. The molecule has 1 aliphatic rings. The number of imide groups is 2. The molecule has 0 aliphatic carbocycles. The summed E-state index contributed by atoms with van der Waals surface area (Å²) < 4.78 is 21.2. The van der Waals surface area contributed by atoms with Crippen LogP contribution in [0.4, 0.5) is 10.5 Å². The van der Waals surface area contributed by atoms with Gasteiger partial charge in [-0.15, -0.1) is 0 Å². The first-order chi connectivity index (χ1) is 15.7. The predicted octanol–water partition coefficient (Wildman–Crippen LogP) is 4.08. The van der Waals surface area contributed by atoms with Gasteiger partial charge in [0.05, 0.1) is 43.7 Å². The Morgan fingerprint density at radius 3 is 2.18 bits per heavy atom. The molecule has 2 aromatic rings. The summed E-state index contributed by atoms with van der Waals surface area (Å²) in [4.78, 5) is 39.2. The van der Waals surface area contributed by atoms with Crippen molar-refractivity contribution in [3.63, 3.8) is 0 Å². The van der Waals surface area contributed by atoms with Crippen molar-refractivity contribution in [2.45, 2.75) is 6.92 Å². The topological polar surface area (TPSA) is 103 Å². The van der Waals surface area contributed by atoms with Crippen LogP contribution in [0.25, 0.3) is 6.08 Å². The van der Waals surface area contributed by atoms with Crippen LogP contribution in [0.15, 0.2) is 29.8 Å². The fourth-order valence-electron chi connectivity index (χ4n) is 3.17. The van der Waals surface area contributed by atoms with Crippen molar-refractivity contribution in [3.8, 4) is 23.0 Å². The summed E-state index contributed by atoms with van der Waals surface area (Å²) in [5.74, 6) is -0.766. The highest BCUT2D eigenvalue weighted by molar-refractivity contribution is 6.40.